The highest BCUT2D eigenvalue weighted by molar-refractivity contribution is 7.98. The van der Waals surface area contributed by atoms with Crippen LogP contribution in [0, 0.1) is 0 Å². The Hall–Kier alpha value is -1.20. The van der Waals surface area contributed by atoms with Gasteiger partial charge in [0.2, 0.25) is 5.28 Å². The number of benzene rings is 1. The number of nitrogens with one attached hydrogen (secondary N) is 1. The van der Waals surface area contributed by atoms with Crippen molar-refractivity contribution >= 4 is 23.4 Å². The number of aromatic nitrogens is 3. The van der Waals surface area contributed by atoms with E-state index in [1.165, 1.54) is 4.68 Å². The van der Waals surface area contributed by atoms with Crippen molar-refractivity contribution in [1.82, 2.24) is 14.8 Å². The summed E-state index contributed by atoms with van der Waals surface area (Å²) in [6.45, 7) is 0. The number of nitrogens with zero attached hydrogens (tertiary/aromatic N) is 2. The molecule has 15 heavy (non-hydrogen) atoms. The Morgan fingerprint density at radius 2 is 2.07 bits per heavy atom. The molecule has 1 aromatic heterocycles. The van der Waals surface area contributed by atoms with Crippen LogP contribution < -0.4 is 5.69 Å². The van der Waals surface area contributed by atoms with E-state index in [0.29, 0.717) is 0 Å². The molecule has 0 saturated heterocycles. The molecule has 0 radical (unpaired) electrons. The first-order valence-electron chi connectivity index (χ1n) is 4.19. The van der Waals surface area contributed by atoms with Crippen molar-refractivity contribution in [1.29, 1.82) is 0 Å². The molecular weight excluding hydrogens is 234 g/mol. The maximum Gasteiger partial charge on any atom is 0.362 e. The molecule has 0 fully saturated rings. The van der Waals surface area contributed by atoms with E-state index >= 15 is 0 Å². The Balaban J connectivity index is 2.45. The smallest absolute Gasteiger partial charge is 0.244 e. The zero-order valence-electron chi connectivity index (χ0n) is 7.90. The number of H-pyrrole nitrogens is 1. The first-order valence-corrected chi connectivity index (χ1v) is 5.80. The fourth-order valence-electron chi connectivity index (χ4n) is 1.20. The topological polar surface area (TPSA) is 50.7 Å². The molecule has 0 amide bonds. The maximum absolute atomic E-state index is 10.9. The van der Waals surface area contributed by atoms with E-state index < -0.39 is 5.69 Å². The van der Waals surface area contributed by atoms with Crippen LogP contribution in [0.3, 0.4) is 0 Å². The Kier molecular flexibility index (Phi) is 2.83. The Labute approximate surface area is 95.3 Å². The number of rotatable bonds is 2. The lowest BCUT2D eigenvalue weighted by Gasteiger charge is -2.03. The molecule has 0 spiro atoms. The number of hydrogen-bond donors (Lipinski definition) is 1. The van der Waals surface area contributed by atoms with Gasteiger partial charge in [-0.1, -0.05) is 0 Å². The van der Waals surface area contributed by atoms with E-state index in [0.717, 1.165) is 10.6 Å². The van der Waals surface area contributed by atoms with Gasteiger partial charge in [0.15, 0.2) is 0 Å². The third-order valence-electron chi connectivity index (χ3n) is 1.92. The molecule has 6 heteroatoms. The molecule has 4 nitrogen and oxygen atoms in total. The zero-order valence-corrected chi connectivity index (χ0v) is 9.47. The van der Waals surface area contributed by atoms with Gasteiger partial charge in [0.25, 0.3) is 0 Å². The van der Waals surface area contributed by atoms with Crippen LogP contribution in [0.25, 0.3) is 5.69 Å². The first kappa shape index (κ1) is 10.3. The molecule has 2 aromatic rings. The van der Waals surface area contributed by atoms with Crippen LogP contribution >= 0.6 is 23.4 Å². The molecule has 0 saturated carbocycles. The molecule has 2 rings (SSSR count). The van der Waals surface area contributed by atoms with Crippen LogP contribution in [0.15, 0.2) is 34.0 Å². The fraction of sp³-hybridized carbons (Fsp3) is 0.111. The van der Waals surface area contributed by atoms with Gasteiger partial charge in [0.05, 0.1) is 5.69 Å². The van der Waals surface area contributed by atoms with E-state index in [9.17, 15) is 4.79 Å². The van der Waals surface area contributed by atoms with Gasteiger partial charge in [-0.15, -0.1) is 11.8 Å². The van der Waals surface area contributed by atoms with Crippen LogP contribution in [0.2, 0.25) is 5.28 Å². The van der Waals surface area contributed by atoms with Crippen molar-refractivity contribution in [3.8, 4) is 5.69 Å². The molecule has 0 atom stereocenters. The lowest BCUT2D eigenvalue weighted by atomic mass is 10.3. The van der Waals surface area contributed by atoms with Crippen molar-refractivity contribution in [3.05, 3.63) is 40.0 Å². The van der Waals surface area contributed by atoms with E-state index in [1.807, 2.05) is 30.5 Å². The summed E-state index contributed by atoms with van der Waals surface area (Å²) in [4.78, 5) is 15.6. The van der Waals surface area contributed by atoms with Crippen molar-refractivity contribution < 1.29 is 0 Å². The minimum Gasteiger partial charge on any atom is -0.244 e. The summed E-state index contributed by atoms with van der Waals surface area (Å²) in [7, 11) is 0. The molecule has 0 bridgehead atoms. The molecule has 1 N–H and O–H groups in total. The normalized spacial score (nSPS) is 10.5. The van der Waals surface area contributed by atoms with Gasteiger partial charge in [-0.05, 0) is 42.1 Å². The second kappa shape index (κ2) is 4.12. The molecule has 0 unspecified atom stereocenters. The summed E-state index contributed by atoms with van der Waals surface area (Å²) < 4.78 is 1.44. The van der Waals surface area contributed by atoms with E-state index in [-0.39, 0.29) is 5.28 Å². The number of aromatic amines is 1. The summed E-state index contributed by atoms with van der Waals surface area (Å²) in [6.07, 6.45) is 2.00. The summed E-state index contributed by atoms with van der Waals surface area (Å²) in [6, 6.07) is 7.65. The summed E-state index contributed by atoms with van der Waals surface area (Å²) in [5.74, 6) is 0. The lowest BCUT2D eigenvalue weighted by molar-refractivity contribution is 0.863. The zero-order chi connectivity index (χ0) is 10.8. The van der Waals surface area contributed by atoms with Crippen LogP contribution in [0.1, 0.15) is 0 Å². The minimum absolute atomic E-state index is 0.136. The summed E-state index contributed by atoms with van der Waals surface area (Å²) in [5, 5.41) is 2.65. The monoisotopic (exact) mass is 241 g/mol. The lowest BCUT2D eigenvalue weighted by Crippen LogP contribution is -2.04. The van der Waals surface area contributed by atoms with E-state index in [4.69, 9.17) is 11.6 Å². The Bertz CT molecular complexity index is 517. The van der Waals surface area contributed by atoms with Gasteiger partial charge in [-0.3, -0.25) is 0 Å². The van der Waals surface area contributed by atoms with Gasteiger partial charge < -0.3 is 0 Å². The number of halogens is 1. The van der Waals surface area contributed by atoms with E-state index in [1.54, 1.807) is 11.8 Å². The predicted molar refractivity (Wildman–Crippen MR) is 61.0 cm³/mol. The summed E-state index contributed by atoms with van der Waals surface area (Å²) >= 11 is 7.42. The molecule has 0 aliphatic carbocycles. The van der Waals surface area contributed by atoms with Gasteiger partial charge in [-0.25, -0.2) is 14.6 Å². The van der Waals surface area contributed by atoms with Gasteiger partial charge >= 0.3 is 5.69 Å². The third-order valence-corrected chi connectivity index (χ3v) is 2.91. The predicted octanol–water partition coefficient (Wildman–Crippen LogP) is 1.94. The molecule has 78 valence electrons. The van der Waals surface area contributed by atoms with E-state index in [2.05, 4.69) is 10.1 Å². The van der Waals surface area contributed by atoms with Crippen LogP contribution in [0.5, 0.6) is 0 Å². The standard InChI is InChI=1S/C9H8ClN3OS/c1-15-7-4-2-6(3-5-7)13-8(10)11-9(14)12-13/h2-5H,1H3,(H,12,14). The largest absolute Gasteiger partial charge is 0.362 e. The molecule has 1 heterocycles. The highest BCUT2D eigenvalue weighted by Gasteiger charge is 2.04. The molecular formula is C9H8ClN3OS. The maximum atomic E-state index is 10.9. The van der Waals surface area contributed by atoms with Gasteiger partial charge in [0, 0.05) is 4.90 Å². The Morgan fingerprint density at radius 1 is 1.40 bits per heavy atom. The van der Waals surface area contributed by atoms with Crippen LogP contribution in [-0.2, 0) is 0 Å². The SMILES string of the molecule is CSc1ccc(-n2[nH]c(=O)nc2Cl)cc1. The fourth-order valence-corrected chi connectivity index (χ4v) is 1.83. The Morgan fingerprint density at radius 3 is 2.53 bits per heavy atom. The van der Waals surface area contributed by atoms with Crippen molar-refractivity contribution in [2.24, 2.45) is 0 Å². The highest BCUT2D eigenvalue weighted by Crippen LogP contribution is 2.17. The average Bonchev–Trinajstić information content (AvgIpc) is 2.58. The second-order valence-corrected chi connectivity index (χ2v) is 4.05. The van der Waals surface area contributed by atoms with Gasteiger partial charge in [-0.2, -0.15) is 4.98 Å². The number of hydrogen-bond acceptors (Lipinski definition) is 3. The van der Waals surface area contributed by atoms with Crippen molar-refractivity contribution in [2.45, 2.75) is 4.90 Å². The molecule has 1 aromatic carbocycles. The van der Waals surface area contributed by atoms with Crippen LogP contribution in [-0.4, -0.2) is 21.0 Å². The quantitative estimate of drug-likeness (QED) is 0.818. The van der Waals surface area contributed by atoms with Gasteiger partial charge in [0.1, 0.15) is 0 Å². The molecule has 0 aliphatic rings. The third kappa shape index (κ3) is 2.08. The second-order valence-electron chi connectivity index (χ2n) is 2.83. The number of thioether (sulfide) groups is 1. The minimum atomic E-state index is -0.450. The molecule has 0 aliphatic heterocycles. The average molecular weight is 242 g/mol. The van der Waals surface area contributed by atoms with Crippen LogP contribution in [0.4, 0.5) is 0 Å². The van der Waals surface area contributed by atoms with Crippen molar-refractivity contribution in [3.63, 3.8) is 0 Å². The highest BCUT2D eigenvalue weighted by atomic mass is 35.5. The van der Waals surface area contributed by atoms with Crippen molar-refractivity contribution in [2.75, 3.05) is 6.26 Å². The first-order chi connectivity index (χ1) is 7.20. The summed E-state index contributed by atoms with van der Waals surface area (Å²) in [5.41, 5.74) is 0.335.